The number of likely N-dealkylation sites (tertiary alicyclic amines) is 1. The van der Waals surface area contributed by atoms with Crippen molar-refractivity contribution in [2.24, 2.45) is 0 Å². The number of pyridine rings is 2. The van der Waals surface area contributed by atoms with E-state index < -0.39 is 0 Å². The van der Waals surface area contributed by atoms with Crippen LogP contribution in [-0.4, -0.2) is 37.2 Å². The van der Waals surface area contributed by atoms with E-state index in [9.17, 15) is 4.79 Å². The van der Waals surface area contributed by atoms with Crippen molar-refractivity contribution in [1.29, 1.82) is 0 Å². The van der Waals surface area contributed by atoms with Gasteiger partial charge in [-0.2, -0.15) is 5.10 Å². The van der Waals surface area contributed by atoms with Gasteiger partial charge in [-0.3, -0.25) is 19.7 Å². The Morgan fingerprint density at radius 2 is 1.88 bits per heavy atom. The first kappa shape index (κ1) is 16.6. The van der Waals surface area contributed by atoms with Crippen LogP contribution in [0.5, 0.6) is 0 Å². The van der Waals surface area contributed by atoms with Gasteiger partial charge in [-0.15, -0.1) is 0 Å². The summed E-state index contributed by atoms with van der Waals surface area (Å²) in [5, 5.41) is 4.57. The molecule has 0 N–H and O–H groups in total. The minimum atomic E-state index is -0.0640. The molecular formula is C20H21N5O. The number of aromatic nitrogens is 4. The van der Waals surface area contributed by atoms with Crippen LogP contribution in [0.15, 0.2) is 66.0 Å². The zero-order valence-electron chi connectivity index (χ0n) is 14.5. The van der Waals surface area contributed by atoms with Crippen LogP contribution in [0.3, 0.4) is 0 Å². The summed E-state index contributed by atoms with van der Waals surface area (Å²) in [7, 11) is 0. The Balaban J connectivity index is 1.53. The zero-order valence-corrected chi connectivity index (χ0v) is 14.5. The van der Waals surface area contributed by atoms with Crippen LogP contribution in [0.2, 0.25) is 0 Å². The van der Waals surface area contributed by atoms with Gasteiger partial charge in [0.05, 0.1) is 12.2 Å². The first-order valence-electron chi connectivity index (χ1n) is 8.91. The molecule has 1 aliphatic heterocycles. The second-order valence-electron chi connectivity index (χ2n) is 6.61. The minimum absolute atomic E-state index is 0.0640. The average Bonchev–Trinajstić information content (AvgIpc) is 3.12. The maximum absolute atomic E-state index is 12.3. The van der Waals surface area contributed by atoms with Crippen LogP contribution in [0.1, 0.15) is 18.4 Å². The lowest BCUT2D eigenvalue weighted by Crippen LogP contribution is -2.36. The fourth-order valence-electron chi connectivity index (χ4n) is 3.48. The molecule has 1 aliphatic rings. The lowest BCUT2D eigenvalue weighted by atomic mass is 10.2. The Bertz CT molecular complexity index is 910. The molecule has 6 heteroatoms. The highest BCUT2D eigenvalue weighted by Gasteiger charge is 2.25. The van der Waals surface area contributed by atoms with Crippen LogP contribution in [0.4, 0.5) is 0 Å². The minimum Gasteiger partial charge on any atom is -0.294 e. The molecule has 0 saturated carbocycles. The molecule has 0 bridgehead atoms. The smallest absolute Gasteiger partial charge is 0.266 e. The largest absolute Gasteiger partial charge is 0.294 e. The van der Waals surface area contributed by atoms with E-state index in [1.54, 1.807) is 35.4 Å². The fraction of sp³-hybridized carbons (Fsp3) is 0.300. The van der Waals surface area contributed by atoms with E-state index in [1.807, 2.05) is 24.4 Å². The summed E-state index contributed by atoms with van der Waals surface area (Å²) >= 11 is 0. The number of nitrogens with zero attached hydrogens (tertiary/aromatic N) is 5. The molecule has 0 aromatic carbocycles. The van der Waals surface area contributed by atoms with E-state index >= 15 is 0 Å². The molecule has 3 aromatic heterocycles. The van der Waals surface area contributed by atoms with Gasteiger partial charge in [-0.25, -0.2) is 4.68 Å². The summed E-state index contributed by atoms with van der Waals surface area (Å²) < 4.78 is 1.59. The molecule has 26 heavy (non-hydrogen) atoms. The van der Waals surface area contributed by atoms with E-state index in [2.05, 4.69) is 26.0 Å². The van der Waals surface area contributed by atoms with Gasteiger partial charge in [0.2, 0.25) is 0 Å². The van der Waals surface area contributed by atoms with Crippen molar-refractivity contribution in [2.45, 2.75) is 32.0 Å². The lowest BCUT2D eigenvalue weighted by molar-refractivity contribution is 0.216. The van der Waals surface area contributed by atoms with Crippen molar-refractivity contribution < 1.29 is 0 Å². The van der Waals surface area contributed by atoms with E-state index in [1.165, 1.54) is 5.56 Å². The second-order valence-corrected chi connectivity index (χ2v) is 6.61. The number of hydrogen-bond acceptors (Lipinski definition) is 5. The van der Waals surface area contributed by atoms with Crippen LogP contribution in [0, 0.1) is 0 Å². The highest BCUT2D eigenvalue weighted by molar-refractivity contribution is 5.56. The highest BCUT2D eigenvalue weighted by atomic mass is 16.1. The monoisotopic (exact) mass is 347 g/mol. The molecular weight excluding hydrogens is 326 g/mol. The molecule has 3 aromatic rings. The molecule has 4 heterocycles. The topological polar surface area (TPSA) is 63.9 Å². The third-order valence-corrected chi connectivity index (χ3v) is 4.82. The first-order chi connectivity index (χ1) is 12.8. The fourth-order valence-corrected chi connectivity index (χ4v) is 3.48. The number of rotatable bonds is 5. The summed E-state index contributed by atoms with van der Waals surface area (Å²) in [5.41, 5.74) is 2.82. The summed E-state index contributed by atoms with van der Waals surface area (Å²) in [6.07, 6.45) is 9.41. The maximum atomic E-state index is 12.3. The predicted molar refractivity (Wildman–Crippen MR) is 99.4 cm³/mol. The summed E-state index contributed by atoms with van der Waals surface area (Å²) in [6.45, 7) is 2.50. The molecule has 1 unspecified atom stereocenters. The molecule has 6 nitrogen and oxygen atoms in total. The van der Waals surface area contributed by atoms with Crippen LogP contribution >= 0.6 is 0 Å². The zero-order chi connectivity index (χ0) is 17.8. The molecule has 0 aliphatic carbocycles. The van der Waals surface area contributed by atoms with Gasteiger partial charge in [0.15, 0.2) is 0 Å². The SMILES string of the molecule is O=c1ccc(-c2cccnc2)nn1CC1CCCN1Cc1cccnc1. The summed E-state index contributed by atoms with van der Waals surface area (Å²) in [6, 6.07) is 11.5. The summed E-state index contributed by atoms with van der Waals surface area (Å²) in [5.74, 6) is 0. The quantitative estimate of drug-likeness (QED) is 0.709. The van der Waals surface area contributed by atoms with Crippen molar-refractivity contribution in [3.8, 4) is 11.3 Å². The Labute approximate surface area is 152 Å². The third-order valence-electron chi connectivity index (χ3n) is 4.82. The second kappa shape index (κ2) is 7.58. The van der Waals surface area contributed by atoms with Gasteiger partial charge in [-0.05, 0) is 49.2 Å². The van der Waals surface area contributed by atoms with Crippen molar-refractivity contribution in [3.63, 3.8) is 0 Å². The van der Waals surface area contributed by atoms with E-state index in [0.29, 0.717) is 12.6 Å². The molecule has 0 spiro atoms. The van der Waals surface area contributed by atoms with Crippen molar-refractivity contribution in [3.05, 3.63) is 77.1 Å². The van der Waals surface area contributed by atoms with Crippen molar-refractivity contribution >= 4 is 0 Å². The lowest BCUT2D eigenvalue weighted by Gasteiger charge is -2.24. The van der Waals surface area contributed by atoms with Crippen LogP contribution in [0.25, 0.3) is 11.3 Å². The normalized spacial score (nSPS) is 17.5. The Morgan fingerprint density at radius 3 is 2.65 bits per heavy atom. The van der Waals surface area contributed by atoms with E-state index in [0.717, 1.165) is 37.2 Å². The van der Waals surface area contributed by atoms with Gasteiger partial charge in [-0.1, -0.05) is 6.07 Å². The molecule has 1 fully saturated rings. The number of hydrogen-bond donors (Lipinski definition) is 0. The van der Waals surface area contributed by atoms with Crippen LogP contribution in [-0.2, 0) is 13.1 Å². The standard InChI is InChI=1S/C20H21N5O/c26-20-8-7-19(17-5-2-10-22-13-17)23-25(20)15-18-6-3-11-24(18)14-16-4-1-9-21-12-16/h1-2,4-5,7-10,12-13,18H,3,6,11,14-15H2. The van der Waals surface area contributed by atoms with Crippen LogP contribution < -0.4 is 5.56 Å². The van der Waals surface area contributed by atoms with E-state index in [-0.39, 0.29) is 5.56 Å². The van der Waals surface area contributed by atoms with Gasteiger partial charge in [0.25, 0.3) is 5.56 Å². The van der Waals surface area contributed by atoms with Gasteiger partial charge in [0.1, 0.15) is 0 Å². The molecule has 0 radical (unpaired) electrons. The van der Waals surface area contributed by atoms with Crippen molar-refractivity contribution in [1.82, 2.24) is 24.6 Å². The van der Waals surface area contributed by atoms with Gasteiger partial charge < -0.3 is 0 Å². The molecule has 4 rings (SSSR count). The maximum Gasteiger partial charge on any atom is 0.266 e. The third kappa shape index (κ3) is 3.70. The Kier molecular flexibility index (Phi) is 4.84. The van der Waals surface area contributed by atoms with E-state index in [4.69, 9.17) is 0 Å². The predicted octanol–water partition coefficient (Wildman–Crippen LogP) is 2.36. The first-order valence-corrected chi connectivity index (χ1v) is 8.91. The molecule has 1 atom stereocenters. The van der Waals surface area contributed by atoms with Gasteiger partial charge >= 0.3 is 0 Å². The highest BCUT2D eigenvalue weighted by Crippen LogP contribution is 2.21. The average molecular weight is 347 g/mol. The Morgan fingerprint density at radius 1 is 1.04 bits per heavy atom. The molecule has 132 valence electrons. The van der Waals surface area contributed by atoms with Crippen molar-refractivity contribution in [2.75, 3.05) is 6.54 Å². The van der Waals surface area contributed by atoms with Gasteiger partial charge in [0, 0.05) is 49.0 Å². The molecule has 1 saturated heterocycles. The Hall–Kier alpha value is -2.86. The molecule has 0 amide bonds. The summed E-state index contributed by atoms with van der Waals surface area (Å²) in [4.78, 5) is 23.1.